The molecule has 1 fully saturated rings. The molecule has 378 valence electrons. The molecule has 0 spiro atoms. The number of nitriles is 1. The van der Waals surface area contributed by atoms with E-state index in [4.69, 9.17) is 32.7 Å². The van der Waals surface area contributed by atoms with Gasteiger partial charge in [-0.3, -0.25) is 19.0 Å². The van der Waals surface area contributed by atoms with Crippen molar-refractivity contribution >= 4 is 32.1 Å². The van der Waals surface area contributed by atoms with E-state index < -0.39 is 81.4 Å². The van der Waals surface area contributed by atoms with Crippen LogP contribution in [0.3, 0.4) is 0 Å². The van der Waals surface area contributed by atoms with Crippen molar-refractivity contribution in [3.05, 3.63) is 118 Å². The fraction of sp³-hybridized carbons (Fsp3) is 0.458. The maximum Gasteiger partial charge on any atom is 0.471 e. The monoisotopic (exact) mass is 997 g/mol. The molecule has 18 nitrogen and oxygen atoms in total. The van der Waals surface area contributed by atoms with Gasteiger partial charge >= 0.3 is 17.8 Å². The van der Waals surface area contributed by atoms with Crippen LogP contribution < -0.4 is 31.1 Å². The van der Waals surface area contributed by atoms with Gasteiger partial charge in [0, 0.05) is 43.9 Å². The first-order chi connectivity index (χ1) is 33.3. The molecular formula is C48H59F3N7O11P. The summed E-state index contributed by atoms with van der Waals surface area (Å²) >= 11 is 0. The Bertz CT molecular complexity index is 2400. The van der Waals surface area contributed by atoms with Crippen LogP contribution in [0.4, 0.5) is 19.0 Å². The molecule has 0 radical (unpaired) electrons. The van der Waals surface area contributed by atoms with E-state index in [9.17, 15) is 37.6 Å². The molecule has 1 aliphatic rings. The molecule has 4 aromatic rings. The van der Waals surface area contributed by atoms with Crippen molar-refractivity contribution in [1.29, 1.82) is 5.26 Å². The number of halogens is 3. The van der Waals surface area contributed by atoms with Crippen LogP contribution in [0.2, 0.25) is 0 Å². The van der Waals surface area contributed by atoms with Crippen LogP contribution in [-0.2, 0) is 43.2 Å². The lowest BCUT2D eigenvalue weighted by atomic mass is 9.80. The molecule has 3 amide bonds. The van der Waals surface area contributed by atoms with E-state index in [2.05, 4.69) is 21.7 Å². The van der Waals surface area contributed by atoms with E-state index in [0.29, 0.717) is 33.8 Å². The summed E-state index contributed by atoms with van der Waals surface area (Å²) in [6.45, 7) is 8.70. The van der Waals surface area contributed by atoms with Gasteiger partial charge in [-0.2, -0.15) is 23.4 Å². The minimum atomic E-state index is -5.12. The summed E-state index contributed by atoms with van der Waals surface area (Å²) in [5.74, 6) is -2.25. The third kappa shape index (κ3) is 13.9. The number of carbonyl (C=O) groups is 3. The summed E-state index contributed by atoms with van der Waals surface area (Å²) in [6.07, 6.45) is -8.83. The van der Waals surface area contributed by atoms with Gasteiger partial charge in [-0.15, -0.1) is 0 Å². The smallest absolute Gasteiger partial charge is 0.471 e. The van der Waals surface area contributed by atoms with Gasteiger partial charge in [0.15, 0.2) is 6.23 Å². The standard InChI is InChI=1S/C48H59F3N7O11P/c1-30(2)58(31(3)4)70(67-26-12-23-52)69-41-39(28-66-47(34-13-10-9-11-14-34,35-15-19-37(63-7)20-16-35)36-17-21-38(64-8)22-18-36)68-44(57-27-32(5)43(55-33(6)59)56-46(57)62)42(41)65-29-40(60)53-24-25-54-45(61)48(49,50)51/h9-11,13-22,27,30-31,39,41-42,44H,12,24-26,28-29H2,1-8H3,(H,53,60)(H,54,61)(H,55,56,59,62)/t39-,41-,42-,44-,70?/m1/s1. The second kappa shape index (κ2) is 25.2. The van der Waals surface area contributed by atoms with Crippen molar-refractivity contribution in [2.75, 3.05) is 52.4 Å². The van der Waals surface area contributed by atoms with Crippen LogP contribution in [-0.4, -0.2) is 116 Å². The fourth-order valence-electron chi connectivity index (χ4n) is 7.79. The Labute approximate surface area is 405 Å². The summed E-state index contributed by atoms with van der Waals surface area (Å²) < 4.78 is 86.5. The van der Waals surface area contributed by atoms with E-state index in [1.165, 1.54) is 13.1 Å². The minimum Gasteiger partial charge on any atom is -0.497 e. The fourth-order valence-corrected chi connectivity index (χ4v) is 9.56. The van der Waals surface area contributed by atoms with Crippen LogP contribution in [0.1, 0.15) is 69.5 Å². The summed E-state index contributed by atoms with van der Waals surface area (Å²) in [6, 6.07) is 25.9. The summed E-state index contributed by atoms with van der Waals surface area (Å²) in [4.78, 5) is 55.0. The summed E-state index contributed by atoms with van der Waals surface area (Å²) in [5.41, 5.74) is 0.199. The molecule has 5 atom stereocenters. The molecule has 0 aliphatic carbocycles. The van der Waals surface area contributed by atoms with E-state index in [0.717, 1.165) is 4.57 Å². The lowest BCUT2D eigenvalue weighted by Crippen LogP contribution is -2.45. The average Bonchev–Trinajstić information content (AvgIpc) is 3.66. The van der Waals surface area contributed by atoms with Gasteiger partial charge in [0.2, 0.25) is 11.8 Å². The van der Waals surface area contributed by atoms with Crippen molar-refractivity contribution < 1.29 is 60.3 Å². The number of aryl methyl sites for hydroxylation is 1. The Morgan fingerprint density at radius 3 is 1.99 bits per heavy atom. The number of anilines is 1. The molecule has 0 bridgehead atoms. The number of hydrogen-bond donors (Lipinski definition) is 3. The molecule has 1 unspecified atom stereocenters. The first-order valence-electron chi connectivity index (χ1n) is 22.3. The van der Waals surface area contributed by atoms with Crippen LogP contribution in [0.25, 0.3) is 0 Å². The summed E-state index contributed by atoms with van der Waals surface area (Å²) in [7, 11) is 1.04. The Morgan fingerprint density at radius 2 is 1.46 bits per heavy atom. The summed E-state index contributed by atoms with van der Waals surface area (Å²) in [5, 5.41) is 16.2. The highest BCUT2D eigenvalue weighted by Crippen LogP contribution is 2.51. The zero-order valence-corrected chi connectivity index (χ0v) is 41.0. The Hall–Kier alpha value is -5.98. The molecule has 70 heavy (non-hydrogen) atoms. The topological polar surface area (TPSA) is 214 Å². The van der Waals surface area contributed by atoms with Crippen LogP contribution in [0, 0.1) is 18.3 Å². The first-order valence-corrected chi connectivity index (χ1v) is 23.5. The van der Waals surface area contributed by atoms with E-state index in [1.807, 2.05) is 87.0 Å². The predicted molar refractivity (Wildman–Crippen MR) is 252 cm³/mol. The Balaban J connectivity index is 1.67. The zero-order chi connectivity index (χ0) is 51.2. The van der Waals surface area contributed by atoms with Gasteiger partial charge in [-0.25, -0.2) is 9.46 Å². The van der Waals surface area contributed by atoms with Gasteiger partial charge in [-0.05, 0) is 75.6 Å². The molecule has 1 aromatic heterocycles. The number of nitrogens with one attached hydrogen (secondary N) is 3. The minimum absolute atomic E-state index is 0.000518. The molecule has 1 aliphatic heterocycles. The molecule has 5 rings (SSSR count). The van der Waals surface area contributed by atoms with Crippen molar-refractivity contribution in [3.8, 4) is 17.6 Å². The van der Waals surface area contributed by atoms with Crippen molar-refractivity contribution in [2.24, 2.45) is 0 Å². The van der Waals surface area contributed by atoms with Crippen LogP contribution >= 0.6 is 8.53 Å². The number of amides is 3. The average molecular weight is 998 g/mol. The van der Waals surface area contributed by atoms with Gasteiger partial charge < -0.3 is 48.7 Å². The van der Waals surface area contributed by atoms with Crippen LogP contribution in [0.15, 0.2) is 89.9 Å². The number of ether oxygens (including phenoxy) is 5. The molecular weight excluding hydrogens is 939 g/mol. The van der Waals surface area contributed by atoms with E-state index in [1.54, 1.807) is 50.7 Å². The SMILES string of the molecule is COc1ccc(C(OC[C@H]2O[C@@H](n3cc(C)c(NC(C)=O)nc3=O)[C@H](OCC(=O)NCCNC(=O)C(F)(F)F)[C@@H]2OP(OCCC#N)N(C(C)C)C(C)C)(c2ccccc2)c2ccc(OC)cc2)cc1. The number of hydrogen-bond acceptors (Lipinski definition) is 14. The third-order valence-corrected chi connectivity index (χ3v) is 13.0. The number of aromatic nitrogens is 2. The highest BCUT2D eigenvalue weighted by molar-refractivity contribution is 7.44. The van der Waals surface area contributed by atoms with Gasteiger partial charge in [0.25, 0.3) is 8.53 Å². The third-order valence-electron chi connectivity index (χ3n) is 10.9. The first kappa shape index (κ1) is 55.0. The maximum absolute atomic E-state index is 14.0. The molecule has 0 saturated carbocycles. The second-order valence-electron chi connectivity index (χ2n) is 16.5. The highest BCUT2D eigenvalue weighted by Gasteiger charge is 2.52. The van der Waals surface area contributed by atoms with E-state index in [-0.39, 0.29) is 44.1 Å². The van der Waals surface area contributed by atoms with Crippen LogP contribution in [0.5, 0.6) is 11.5 Å². The zero-order valence-electron chi connectivity index (χ0n) is 40.2. The van der Waals surface area contributed by atoms with Gasteiger partial charge in [0.05, 0.1) is 39.9 Å². The van der Waals surface area contributed by atoms with Gasteiger partial charge in [0.1, 0.15) is 47.8 Å². The Kier molecular flexibility index (Phi) is 19.8. The predicted octanol–water partition coefficient (Wildman–Crippen LogP) is 6.27. The van der Waals surface area contributed by atoms with Gasteiger partial charge in [-0.1, -0.05) is 54.6 Å². The second-order valence-corrected chi connectivity index (χ2v) is 17.9. The number of methoxy groups -OCH3 is 2. The van der Waals surface area contributed by atoms with Crippen molar-refractivity contribution in [2.45, 2.75) is 96.4 Å². The molecule has 3 N–H and O–H groups in total. The maximum atomic E-state index is 14.0. The normalized spacial score (nSPS) is 17.6. The van der Waals surface area contributed by atoms with Crippen molar-refractivity contribution in [3.63, 3.8) is 0 Å². The number of rotatable bonds is 24. The largest absolute Gasteiger partial charge is 0.497 e. The highest BCUT2D eigenvalue weighted by atomic mass is 31.2. The van der Waals surface area contributed by atoms with E-state index >= 15 is 0 Å². The molecule has 1 saturated heterocycles. The Morgan fingerprint density at radius 1 is 0.886 bits per heavy atom. The number of nitrogens with zero attached hydrogens (tertiary/aromatic N) is 4. The number of alkyl halides is 3. The van der Waals surface area contributed by atoms with Crippen molar-refractivity contribution in [1.82, 2.24) is 24.9 Å². The lowest BCUT2D eigenvalue weighted by molar-refractivity contribution is -0.173. The number of benzene rings is 3. The number of carbonyl (C=O) groups excluding carboxylic acids is 3. The lowest BCUT2D eigenvalue weighted by Gasteiger charge is -2.39. The molecule has 2 heterocycles. The molecule has 3 aromatic carbocycles. The molecule has 22 heteroatoms. The quantitative estimate of drug-likeness (QED) is 0.0401.